The Balaban J connectivity index is 1.42. The molecule has 0 aliphatic carbocycles. The van der Waals surface area contributed by atoms with Crippen LogP contribution >= 0.6 is 35.0 Å². The summed E-state index contributed by atoms with van der Waals surface area (Å²) >= 11 is 13.5. The monoisotopic (exact) mass is 581 g/mol. The molecule has 0 bridgehead atoms. The highest BCUT2D eigenvalue weighted by Gasteiger charge is 2.36. The van der Waals surface area contributed by atoms with Crippen molar-refractivity contribution in [2.45, 2.75) is 13.5 Å². The van der Waals surface area contributed by atoms with Gasteiger partial charge in [0.2, 0.25) is 5.91 Å². The van der Waals surface area contributed by atoms with Gasteiger partial charge in [0.15, 0.2) is 5.75 Å². The normalized spacial score (nSPS) is 13.9. The molecule has 8 nitrogen and oxygen atoms in total. The van der Waals surface area contributed by atoms with E-state index in [1.54, 1.807) is 60.7 Å². The van der Waals surface area contributed by atoms with E-state index in [2.05, 4.69) is 11.4 Å². The standard InChI is InChI=1S/C28H21Cl2N3O5S/c1-2-37-21-9-7-20(8-10-21)32-25(34)15-33-27(35)24(39-28(33)36)13-17-11-22(29)26(23(30)12-17)38-16-19-6-4-3-5-18(19)14-31/h3-13H,2,15-16H2,1H3,(H,32,34)/b24-13+. The highest BCUT2D eigenvalue weighted by molar-refractivity contribution is 8.18. The Kier molecular flexibility index (Phi) is 9.15. The number of imide groups is 1. The molecular formula is C28H21Cl2N3O5S. The van der Waals surface area contributed by atoms with Crippen LogP contribution in [0.5, 0.6) is 11.5 Å². The number of ether oxygens (including phenoxy) is 2. The van der Waals surface area contributed by atoms with Crippen LogP contribution in [0.25, 0.3) is 6.08 Å². The molecule has 1 aliphatic heterocycles. The first-order valence-electron chi connectivity index (χ1n) is 11.7. The first kappa shape index (κ1) is 28.0. The van der Waals surface area contributed by atoms with Crippen LogP contribution < -0.4 is 14.8 Å². The fraction of sp³-hybridized carbons (Fsp3) is 0.143. The molecular weight excluding hydrogens is 561 g/mol. The Morgan fingerprint density at radius 3 is 2.44 bits per heavy atom. The summed E-state index contributed by atoms with van der Waals surface area (Å²) in [5.41, 5.74) is 2.13. The third-order valence-corrected chi connectivity index (χ3v) is 6.92. The van der Waals surface area contributed by atoms with Gasteiger partial charge in [0, 0.05) is 11.3 Å². The lowest BCUT2D eigenvalue weighted by Gasteiger charge is -2.13. The van der Waals surface area contributed by atoms with Crippen molar-refractivity contribution in [1.82, 2.24) is 4.90 Å². The number of nitriles is 1. The third kappa shape index (κ3) is 6.92. The summed E-state index contributed by atoms with van der Waals surface area (Å²) in [6.07, 6.45) is 1.47. The van der Waals surface area contributed by atoms with Gasteiger partial charge in [-0.05, 0) is 72.8 Å². The van der Waals surface area contributed by atoms with Crippen molar-refractivity contribution in [3.05, 3.63) is 92.3 Å². The smallest absolute Gasteiger partial charge is 0.294 e. The summed E-state index contributed by atoms with van der Waals surface area (Å²) in [6, 6.07) is 18.9. The molecule has 4 rings (SSSR count). The van der Waals surface area contributed by atoms with Crippen LogP contribution in [0.1, 0.15) is 23.6 Å². The fourth-order valence-corrected chi connectivity index (χ4v) is 5.09. The molecule has 3 amide bonds. The molecule has 1 fully saturated rings. The van der Waals surface area contributed by atoms with E-state index in [9.17, 15) is 19.6 Å². The van der Waals surface area contributed by atoms with E-state index in [-0.39, 0.29) is 27.3 Å². The Morgan fingerprint density at radius 1 is 1.08 bits per heavy atom. The number of thioether (sulfide) groups is 1. The van der Waals surface area contributed by atoms with Gasteiger partial charge >= 0.3 is 0 Å². The molecule has 1 saturated heterocycles. The highest BCUT2D eigenvalue weighted by Crippen LogP contribution is 2.38. The summed E-state index contributed by atoms with van der Waals surface area (Å²) in [5, 5.41) is 11.7. The van der Waals surface area contributed by atoms with Gasteiger partial charge in [-0.3, -0.25) is 19.3 Å². The molecule has 3 aromatic carbocycles. The molecule has 0 radical (unpaired) electrons. The highest BCUT2D eigenvalue weighted by atomic mass is 35.5. The van der Waals surface area contributed by atoms with Gasteiger partial charge in [0.05, 0.1) is 33.2 Å². The number of hydrogen-bond donors (Lipinski definition) is 1. The maximum atomic E-state index is 12.9. The summed E-state index contributed by atoms with van der Waals surface area (Å²) in [6.45, 7) is 2.04. The number of nitrogens with one attached hydrogen (secondary N) is 1. The Morgan fingerprint density at radius 2 is 1.77 bits per heavy atom. The summed E-state index contributed by atoms with van der Waals surface area (Å²) in [7, 11) is 0. The van der Waals surface area contributed by atoms with E-state index in [1.807, 2.05) is 6.92 Å². The predicted octanol–water partition coefficient (Wildman–Crippen LogP) is 6.52. The van der Waals surface area contributed by atoms with Crippen LogP contribution in [0.2, 0.25) is 10.0 Å². The number of carbonyl (C=O) groups excluding carboxylic acids is 3. The van der Waals surface area contributed by atoms with Gasteiger partial charge < -0.3 is 14.8 Å². The molecule has 0 unspecified atom stereocenters. The molecule has 39 heavy (non-hydrogen) atoms. The molecule has 0 saturated carbocycles. The molecule has 3 aromatic rings. The lowest BCUT2D eigenvalue weighted by molar-refractivity contribution is -0.127. The Bertz CT molecular complexity index is 1480. The van der Waals surface area contributed by atoms with Crippen LogP contribution in [-0.2, 0) is 16.2 Å². The largest absolute Gasteiger partial charge is 0.494 e. The maximum absolute atomic E-state index is 12.9. The quantitative estimate of drug-likeness (QED) is 0.286. The van der Waals surface area contributed by atoms with Gasteiger partial charge in [0.25, 0.3) is 11.1 Å². The van der Waals surface area contributed by atoms with Crippen molar-refractivity contribution in [2.24, 2.45) is 0 Å². The van der Waals surface area contributed by atoms with Crippen LogP contribution in [0.3, 0.4) is 0 Å². The number of hydrogen-bond acceptors (Lipinski definition) is 7. The second-order valence-corrected chi connectivity index (χ2v) is 9.95. The SMILES string of the molecule is CCOc1ccc(NC(=O)CN2C(=O)S/C(=C/c3cc(Cl)c(OCc4ccccc4C#N)c(Cl)c3)C2=O)cc1. The minimum atomic E-state index is -0.604. The Hall–Kier alpha value is -3.97. The number of anilines is 1. The van der Waals surface area contributed by atoms with E-state index in [0.717, 1.165) is 4.90 Å². The van der Waals surface area contributed by atoms with Crippen molar-refractivity contribution < 1.29 is 23.9 Å². The van der Waals surface area contributed by atoms with Gasteiger partial charge in [-0.25, -0.2) is 0 Å². The van der Waals surface area contributed by atoms with Crippen molar-refractivity contribution in [3.63, 3.8) is 0 Å². The third-order valence-electron chi connectivity index (χ3n) is 5.45. The minimum Gasteiger partial charge on any atom is -0.494 e. The summed E-state index contributed by atoms with van der Waals surface area (Å²) < 4.78 is 11.1. The number of carbonyl (C=O) groups is 3. The second kappa shape index (κ2) is 12.7. The average Bonchev–Trinajstić information content (AvgIpc) is 3.16. The molecule has 198 valence electrons. The number of halogens is 2. The van der Waals surface area contributed by atoms with E-state index >= 15 is 0 Å². The molecule has 1 aliphatic rings. The first-order chi connectivity index (χ1) is 18.8. The maximum Gasteiger partial charge on any atom is 0.294 e. The van der Waals surface area contributed by atoms with Gasteiger partial charge in [-0.1, -0.05) is 41.4 Å². The average molecular weight is 582 g/mol. The number of amides is 3. The minimum absolute atomic E-state index is 0.0835. The summed E-state index contributed by atoms with van der Waals surface area (Å²) in [4.78, 5) is 38.8. The zero-order chi connectivity index (χ0) is 27.9. The van der Waals surface area contributed by atoms with E-state index in [0.29, 0.717) is 46.5 Å². The first-order valence-corrected chi connectivity index (χ1v) is 13.2. The molecule has 0 aromatic heterocycles. The van der Waals surface area contributed by atoms with Gasteiger partial charge in [0.1, 0.15) is 18.9 Å². The van der Waals surface area contributed by atoms with Gasteiger partial charge in [-0.2, -0.15) is 5.26 Å². The van der Waals surface area contributed by atoms with Gasteiger partial charge in [-0.15, -0.1) is 0 Å². The zero-order valence-electron chi connectivity index (χ0n) is 20.6. The van der Waals surface area contributed by atoms with E-state index < -0.39 is 23.6 Å². The number of nitrogens with zero attached hydrogens (tertiary/aromatic N) is 2. The Labute approximate surface area is 239 Å². The number of rotatable bonds is 9. The van der Waals surface area contributed by atoms with Crippen molar-refractivity contribution >= 4 is 63.8 Å². The number of benzene rings is 3. The van der Waals surface area contributed by atoms with Crippen molar-refractivity contribution in [3.8, 4) is 17.6 Å². The van der Waals surface area contributed by atoms with E-state index in [4.69, 9.17) is 32.7 Å². The lowest BCUT2D eigenvalue weighted by atomic mass is 10.1. The van der Waals surface area contributed by atoms with Crippen LogP contribution in [0, 0.1) is 11.3 Å². The van der Waals surface area contributed by atoms with Crippen LogP contribution in [0.4, 0.5) is 10.5 Å². The zero-order valence-corrected chi connectivity index (χ0v) is 22.9. The fourth-order valence-electron chi connectivity index (χ4n) is 3.64. The van der Waals surface area contributed by atoms with Crippen molar-refractivity contribution in [2.75, 3.05) is 18.5 Å². The lowest BCUT2D eigenvalue weighted by Crippen LogP contribution is -2.36. The predicted molar refractivity (Wildman–Crippen MR) is 151 cm³/mol. The van der Waals surface area contributed by atoms with Crippen molar-refractivity contribution in [1.29, 1.82) is 5.26 Å². The molecule has 0 atom stereocenters. The van der Waals surface area contributed by atoms with Crippen LogP contribution in [0.15, 0.2) is 65.6 Å². The summed E-state index contributed by atoms with van der Waals surface area (Å²) in [5.74, 6) is -0.237. The molecule has 11 heteroatoms. The molecule has 1 heterocycles. The van der Waals surface area contributed by atoms with E-state index in [1.165, 1.54) is 6.08 Å². The van der Waals surface area contributed by atoms with Crippen LogP contribution in [-0.4, -0.2) is 35.1 Å². The topological polar surface area (TPSA) is 109 Å². The molecule has 1 N–H and O–H groups in total. The second-order valence-electron chi connectivity index (χ2n) is 8.14. The molecule has 0 spiro atoms.